The number of furan rings is 1. The first-order valence-electron chi connectivity index (χ1n) is 9.82. The van der Waals surface area contributed by atoms with Crippen molar-refractivity contribution < 1.29 is 32.7 Å². The van der Waals surface area contributed by atoms with Crippen molar-refractivity contribution in [2.45, 2.75) is 13.2 Å². The van der Waals surface area contributed by atoms with E-state index < -0.39 is 17.1 Å². The summed E-state index contributed by atoms with van der Waals surface area (Å²) in [4.78, 5) is 37.9. The van der Waals surface area contributed by atoms with Crippen LogP contribution in [-0.2, 0) is 22.7 Å². The number of hydrogen-bond donors (Lipinski definition) is 0. The van der Waals surface area contributed by atoms with Crippen LogP contribution in [0.25, 0.3) is 6.08 Å². The van der Waals surface area contributed by atoms with E-state index in [-0.39, 0.29) is 29.6 Å². The molecule has 0 spiro atoms. The second-order valence-corrected chi connectivity index (χ2v) is 8.01. The van der Waals surface area contributed by atoms with Gasteiger partial charge in [0.1, 0.15) is 23.9 Å². The molecule has 0 bridgehead atoms. The minimum atomic E-state index is -0.640. The van der Waals surface area contributed by atoms with Gasteiger partial charge in [0, 0.05) is 0 Å². The number of imide groups is 1. The van der Waals surface area contributed by atoms with Crippen molar-refractivity contribution in [1.29, 1.82) is 0 Å². The highest BCUT2D eigenvalue weighted by molar-refractivity contribution is 8.18. The van der Waals surface area contributed by atoms with Crippen LogP contribution in [0.4, 0.5) is 9.18 Å². The molecular weight excluding hydrogens is 449 g/mol. The van der Waals surface area contributed by atoms with Gasteiger partial charge in [-0.05, 0) is 65.4 Å². The molecule has 33 heavy (non-hydrogen) atoms. The summed E-state index contributed by atoms with van der Waals surface area (Å²) in [7, 11) is 1.23. The zero-order chi connectivity index (χ0) is 23.4. The maximum atomic E-state index is 13.3. The fraction of sp³-hybridized carbons (Fsp3) is 0.125. The molecule has 1 saturated heterocycles. The summed E-state index contributed by atoms with van der Waals surface area (Å²) >= 11 is 0.825. The fourth-order valence-electron chi connectivity index (χ4n) is 3.07. The maximum absolute atomic E-state index is 13.3. The monoisotopic (exact) mass is 467 g/mol. The largest absolute Gasteiger partial charge is 0.489 e. The molecule has 4 rings (SSSR count). The molecule has 1 aliphatic rings. The summed E-state index contributed by atoms with van der Waals surface area (Å²) in [6, 6.07) is 16.1. The van der Waals surface area contributed by atoms with E-state index in [1.54, 1.807) is 42.5 Å². The summed E-state index contributed by atoms with van der Waals surface area (Å²) in [5.74, 6) is -0.542. The minimum absolute atomic E-state index is 0.00489. The summed E-state index contributed by atoms with van der Waals surface area (Å²) in [5.41, 5.74) is 1.42. The van der Waals surface area contributed by atoms with E-state index in [1.807, 2.05) is 0 Å². The van der Waals surface area contributed by atoms with E-state index in [2.05, 4.69) is 4.74 Å². The zero-order valence-corrected chi connectivity index (χ0v) is 18.3. The Balaban J connectivity index is 1.39. The predicted molar refractivity (Wildman–Crippen MR) is 119 cm³/mol. The number of ether oxygens (including phenoxy) is 2. The first-order chi connectivity index (χ1) is 15.9. The molecule has 1 aromatic heterocycles. The van der Waals surface area contributed by atoms with Crippen LogP contribution >= 0.6 is 11.8 Å². The van der Waals surface area contributed by atoms with Crippen LogP contribution in [0.2, 0.25) is 0 Å². The fourth-order valence-corrected chi connectivity index (χ4v) is 3.91. The number of rotatable bonds is 7. The Bertz CT molecular complexity index is 1230. The van der Waals surface area contributed by atoms with Gasteiger partial charge in [0.05, 0.1) is 18.6 Å². The molecule has 0 aliphatic carbocycles. The van der Waals surface area contributed by atoms with Crippen LogP contribution < -0.4 is 4.74 Å². The van der Waals surface area contributed by atoms with E-state index in [0.29, 0.717) is 22.6 Å². The third kappa shape index (κ3) is 5.32. The van der Waals surface area contributed by atoms with E-state index in [4.69, 9.17) is 9.15 Å². The summed E-state index contributed by atoms with van der Waals surface area (Å²) in [6.45, 7) is 0.131. The predicted octanol–water partition coefficient (Wildman–Crippen LogP) is 5.02. The van der Waals surface area contributed by atoms with E-state index in [9.17, 15) is 18.8 Å². The molecule has 2 amide bonds. The number of thioether (sulfide) groups is 1. The maximum Gasteiger partial charge on any atom is 0.373 e. The number of carbonyl (C=O) groups is 3. The topological polar surface area (TPSA) is 86.0 Å². The molecule has 168 valence electrons. The van der Waals surface area contributed by atoms with Gasteiger partial charge in [-0.25, -0.2) is 9.18 Å². The highest BCUT2D eigenvalue weighted by atomic mass is 32.2. The number of carbonyl (C=O) groups excluding carboxylic acids is 3. The van der Waals surface area contributed by atoms with Gasteiger partial charge in [0.15, 0.2) is 0 Å². The number of halogens is 1. The van der Waals surface area contributed by atoms with Crippen molar-refractivity contribution >= 4 is 35.0 Å². The molecule has 0 atom stereocenters. The molecular formula is C24H18FNO6S. The van der Waals surface area contributed by atoms with E-state index in [0.717, 1.165) is 16.7 Å². The van der Waals surface area contributed by atoms with Gasteiger partial charge in [0.2, 0.25) is 5.76 Å². The first-order valence-corrected chi connectivity index (χ1v) is 10.6. The SMILES string of the molecule is COC(=O)c1ccc(CN2C(=O)S/C(=C/c3ccc(OCc4cccc(F)c4)cc3)C2=O)o1. The molecule has 0 N–H and O–H groups in total. The van der Waals surface area contributed by atoms with Gasteiger partial charge in [-0.3, -0.25) is 14.5 Å². The zero-order valence-electron chi connectivity index (χ0n) is 17.4. The molecule has 7 nitrogen and oxygen atoms in total. The lowest BCUT2D eigenvalue weighted by molar-refractivity contribution is -0.123. The lowest BCUT2D eigenvalue weighted by Gasteiger charge is -2.10. The van der Waals surface area contributed by atoms with Crippen LogP contribution in [0, 0.1) is 5.82 Å². The lowest BCUT2D eigenvalue weighted by atomic mass is 10.2. The van der Waals surface area contributed by atoms with Crippen LogP contribution in [0.1, 0.15) is 27.4 Å². The van der Waals surface area contributed by atoms with Crippen molar-refractivity contribution in [3.8, 4) is 5.75 Å². The van der Waals surface area contributed by atoms with Crippen LogP contribution in [0.15, 0.2) is 70.0 Å². The van der Waals surface area contributed by atoms with Crippen LogP contribution in [-0.4, -0.2) is 29.1 Å². The Morgan fingerprint density at radius 1 is 1.12 bits per heavy atom. The molecule has 0 saturated carbocycles. The number of nitrogens with zero attached hydrogens (tertiary/aromatic N) is 1. The van der Waals surface area contributed by atoms with Gasteiger partial charge in [-0.2, -0.15) is 0 Å². The smallest absolute Gasteiger partial charge is 0.373 e. The average molecular weight is 467 g/mol. The lowest BCUT2D eigenvalue weighted by Crippen LogP contribution is -2.27. The molecule has 1 aliphatic heterocycles. The second-order valence-electron chi connectivity index (χ2n) is 7.01. The highest BCUT2D eigenvalue weighted by Gasteiger charge is 2.35. The third-order valence-corrected chi connectivity index (χ3v) is 5.62. The Labute approximate surface area is 192 Å². The summed E-state index contributed by atoms with van der Waals surface area (Å²) in [5, 5.41) is -0.433. The number of benzene rings is 2. The number of methoxy groups -OCH3 is 1. The highest BCUT2D eigenvalue weighted by Crippen LogP contribution is 2.33. The summed E-state index contributed by atoms with van der Waals surface area (Å²) in [6.07, 6.45) is 1.61. The van der Waals surface area contributed by atoms with E-state index >= 15 is 0 Å². The molecule has 0 unspecified atom stereocenters. The molecule has 1 fully saturated rings. The van der Waals surface area contributed by atoms with Crippen molar-refractivity contribution in [2.75, 3.05) is 7.11 Å². The molecule has 0 radical (unpaired) electrons. The van der Waals surface area contributed by atoms with Crippen molar-refractivity contribution in [3.63, 3.8) is 0 Å². The van der Waals surface area contributed by atoms with Crippen LogP contribution in [0.3, 0.4) is 0 Å². The molecule has 9 heteroatoms. The average Bonchev–Trinajstić information content (AvgIpc) is 3.39. The van der Waals surface area contributed by atoms with Gasteiger partial charge >= 0.3 is 5.97 Å². The Morgan fingerprint density at radius 3 is 2.64 bits per heavy atom. The normalized spacial score (nSPS) is 14.7. The van der Waals surface area contributed by atoms with Gasteiger partial charge < -0.3 is 13.9 Å². The van der Waals surface area contributed by atoms with Crippen LogP contribution in [0.5, 0.6) is 5.75 Å². The van der Waals surface area contributed by atoms with E-state index in [1.165, 1.54) is 31.4 Å². The molecule has 2 heterocycles. The number of amides is 2. The Kier molecular flexibility index (Phi) is 6.60. The molecule has 3 aromatic rings. The second kappa shape index (κ2) is 9.74. The van der Waals surface area contributed by atoms with Gasteiger partial charge in [-0.15, -0.1) is 0 Å². The number of esters is 1. The first kappa shape index (κ1) is 22.3. The standard InChI is InChI=1S/C24H18FNO6S/c1-30-23(28)20-10-9-19(32-20)13-26-22(27)21(33-24(26)29)12-15-5-7-18(8-6-15)31-14-16-3-2-4-17(25)11-16/h2-12H,13-14H2,1H3/b21-12+. The molecule has 2 aromatic carbocycles. The number of hydrogen-bond acceptors (Lipinski definition) is 7. The quantitative estimate of drug-likeness (QED) is 0.356. The third-order valence-electron chi connectivity index (χ3n) is 4.71. The summed E-state index contributed by atoms with van der Waals surface area (Å²) < 4.78 is 28.8. The van der Waals surface area contributed by atoms with Gasteiger partial charge in [-0.1, -0.05) is 24.3 Å². The van der Waals surface area contributed by atoms with Gasteiger partial charge in [0.25, 0.3) is 11.1 Å². The van der Waals surface area contributed by atoms with Crippen molar-refractivity contribution in [3.05, 3.63) is 94.0 Å². The van der Waals surface area contributed by atoms with Crippen molar-refractivity contribution in [2.24, 2.45) is 0 Å². The Hall–Kier alpha value is -3.85. The van der Waals surface area contributed by atoms with Crippen molar-refractivity contribution in [1.82, 2.24) is 4.90 Å². The minimum Gasteiger partial charge on any atom is -0.489 e. The Morgan fingerprint density at radius 2 is 1.91 bits per heavy atom.